The summed E-state index contributed by atoms with van der Waals surface area (Å²) in [6.07, 6.45) is 1.41. The largest absolute Gasteiger partial charge is 0.493 e. The number of urea groups is 1. The summed E-state index contributed by atoms with van der Waals surface area (Å²) in [6, 6.07) is 11.8. The second-order valence-corrected chi connectivity index (χ2v) is 9.24. The molecule has 2 N–H and O–H groups in total. The van der Waals surface area contributed by atoms with Crippen LogP contribution in [0.3, 0.4) is 0 Å². The predicted molar refractivity (Wildman–Crippen MR) is 149 cm³/mol. The molecule has 0 aliphatic heterocycles. The number of anilines is 1. The molecule has 0 atom stereocenters. The van der Waals surface area contributed by atoms with Crippen LogP contribution in [0.4, 0.5) is 9.80 Å². The molecule has 0 fully saturated rings. The zero-order chi connectivity index (χ0) is 28.4. The van der Waals surface area contributed by atoms with Gasteiger partial charge in [0, 0.05) is 10.6 Å². The van der Waals surface area contributed by atoms with Crippen molar-refractivity contribution in [3.63, 3.8) is 0 Å². The molecule has 0 bridgehead atoms. The number of ether oxygens (including phenoxy) is 4. The van der Waals surface area contributed by atoms with Crippen LogP contribution in [0.5, 0.6) is 11.5 Å². The molecular formula is C27H28ClN3O7S. The fraction of sp³-hybridized carbons (Fsp3) is 0.259. The van der Waals surface area contributed by atoms with Crippen LogP contribution in [0.2, 0.25) is 5.02 Å². The number of carbonyl (C=O) groups is 3. The average Bonchev–Trinajstić information content (AvgIpc) is 3.24. The van der Waals surface area contributed by atoms with E-state index in [4.69, 9.17) is 30.5 Å². The van der Waals surface area contributed by atoms with E-state index < -0.39 is 18.0 Å². The van der Waals surface area contributed by atoms with Crippen molar-refractivity contribution in [1.29, 1.82) is 0 Å². The summed E-state index contributed by atoms with van der Waals surface area (Å²) in [5, 5.41) is 7.25. The van der Waals surface area contributed by atoms with Crippen LogP contribution in [0.25, 0.3) is 0 Å². The molecule has 0 unspecified atom stereocenters. The lowest BCUT2D eigenvalue weighted by atomic mass is 10.1. The Bertz CT molecular complexity index is 1370. The van der Waals surface area contributed by atoms with Crippen LogP contribution in [0.1, 0.15) is 50.6 Å². The Labute approximate surface area is 234 Å². The predicted octanol–water partition coefficient (Wildman–Crippen LogP) is 5.81. The van der Waals surface area contributed by atoms with Crippen LogP contribution in [-0.4, -0.2) is 44.5 Å². The number of hydrogen-bond donors (Lipinski definition) is 2. The summed E-state index contributed by atoms with van der Waals surface area (Å²) < 4.78 is 21.4. The summed E-state index contributed by atoms with van der Waals surface area (Å²) in [4.78, 5) is 37.5. The number of carbonyl (C=O) groups excluding carboxylic acids is 3. The number of amides is 2. The lowest BCUT2D eigenvalue weighted by molar-refractivity contribution is 0.0527. The number of benzene rings is 2. The van der Waals surface area contributed by atoms with E-state index in [0.29, 0.717) is 27.6 Å². The van der Waals surface area contributed by atoms with E-state index >= 15 is 0 Å². The van der Waals surface area contributed by atoms with Gasteiger partial charge in [-0.15, -0.1) is 11.3 Å². The molecule has 0 aliphatic rings. The van der Waals surface area contributed by atoms with Gasteiger partial charge in [0.2, 0.25) is 0 Å². The second kappa shape index (κ2) is 14.2. The van der Waals surface area contributed by atoms with Crippen molar-refractivity contribution in [2.45, 2.75) is 27.4 Å². The van der Waals surface area contributed by atoms with Gasteiger partial charge < -0.3 is 18.9 Å². The van der Waals surface area contributed by atoms with Crippen LogP contribution in [0, 0.1) is 6.92 Å². The number of nitrogens with zero attached hydrogens (tertiary/aromatic N) is 1. The molecular weight excluding hydrogens is 546 g/mol. The van der Waals surface area contributed by atoms with Gasteiger partial charge in [0.15, 0.2) is 11.5 Å². The van der Waals surface area contributed by atoms with E-state index in [9.17, 15) is 14.4 Å². The highest BCUT2D eigenvalue weighted by molar-refractivity contribution is 7.18. The summed E-state index contributed by atoms with van der Waals surface area (Å²) >= 11 is 7.10. The van der Waals surface area contributed by atoms with E-state index in [-0.39, 0.29) is 35.3 Å². The van der Waals surface area contributed by atoms with Crippen LogP contribution in [-0.2, 0) is 16.1 Å². The number of rotatable bonds is 11. The Morgan fingerprint density at radius 3 is 2.44 bits per heavy atom. The summed E-state index contributed by atoms with van der Waals surface area (Å²) in [5.74, 6) is -0.276. The highest BCUT2D eigenvalue weighted by atomic mass is 35.5. The van der Waals surface area contributed by atoms with Crippen molar-refractivity contribution >= 4 is 52.1 Å². The van der Waals surface area contributed by atoms with Crippen LogP contribution < -0.4 is 20.2 Å². The number of esters is 2. The van der Waals surface area contributed by atoms with E-state index in [0.717, 1.165) is 16.9 Å². The minimum atomic E-state index is -0.722. The molecule has 1 heterocycles. The molecule has 3 aromatic rings. The average molecular weight is 574 g/mol. The van der Waals surface area contributed by atoms with Crippen molar-refractivity contribution in [2.24, 2.45) is 5.10 Å². The zero-order valence-electron chi connectivity index (χ0n) is 21.8. The molecule has 3 rings (SSSR count). The zero-order valence-corrected chi connectivity index (χ0v) is 23.4. The monoisotopic (exact) mass is 573 g/mol. The van der Waals surface area contributed by atoms with E-state index in [1.165, 1.54) is 13.3 Å². The first-order valence-electron chi connectivity index (χ1n) is 11.9. The van der Waals surface area contributed by atoms with Gasteiger partial charge in [-0.05, 0) is 56.2 Å². The molecule has 0 saturated carbocycles. The third kappa shape index (κ3) is 7.71. The number of hydrogen-bond acceptors (Lipinski definition) is 9. The van der Waals surface area contributed by atoms with Crippen LogP contribution >= 0.6 is 22.9 Å². The van der Waals surface area contributed by atoms with Gasteiger partial charge >= 0.3 is 18.0 Å². The lowest BCUT2D eigenvalue weighted by Crippen LogP contribution is -2.24. The van der Waals surface area contributed by atoms with Gasteiger partial charge in [0.25, 0.3) is 0 Å². The Morgan fingerprint density at radius 2 is 1.74 bits per heavy atom. The van der Waals surface area contributed by atoms with Gasteiger partial charge in [-0.25, -0.2) is 19.8 Å². The molecule has 39 heavy (non-hydrogen) atoms. The molecule has 0 saturated heterocycles. The summed E-state index contributed by atoms with van der Waals surface area (Å²) in [7, 11) is 1.51. The Morgan fingerprint density at radius 1 is 1.03 bits per heavy atom. The SMILES string of the molecule is CCOC(=O)c1sc(NC(=O)NN=Cc2ccc(OCc3ccccc3Cl)c(OC)c2)c(C(=O)OCC)c1C. The summed E-state index contributed by atoms with van der Waals surface area (Å²) in [5.41, 5.74) is 4.24. The molecule has 2 amide bonds. The second-order valence-electron chi connectivity index (χ2n) is 7.82. The maximum Gasteiger partial charge on any atom is 0.348 e. The topological polar surface area (TPSA) is 125 Å². The van der Waals surface area contributed by atoms with Gasteiger partial charge in [-0.2, -0.15) is 5.10 Å². The van der Waals surface area contributed by atoms with Gasteiger partial charge in [-0.1, -0.05) is 29.8 Å². The first-order chi connectivity index (χ1) is 18.8. The normalized spacial score (nSPS) is 10.7. The van der Waals surface area contributed by atoms with E-state index in [1.54, 1.807) is 45.0 Å². The van der Waals surface area contributed by atoms with Crippen molar-refractivity contribution in [2.75, 3.05) is 25.6 Å². The number of halogens is 1. The quantitative estimate of drug-likeness (QED) is 0.168. The first kappa shape index (κ1) is 29.5. The number of methoxy groups -OCH3 is 1. The third-order valence-electron chi connectivity index (χ3n) is 5.22. The summed E-state index contributed by atoms with van der Waals surface area (Å²) in [6.45, 7) is 5.49. The number of thiophene rings is 1. The molecule has 12 heteroatoms. The van der Waals surface area contributed by atoms with Gasteiger partial charge in [0.1, 0.15) is 16.5 Å². The van der Waals surface area contributed by atoms with E-state index in [2.05, 4.69) is 15.8 Å². The highest BCUT2D eigenvalue weighted by Crippen LogP contribution is 2.34. The Hall–Kier alpha value is -4.09. The minimum absolute atomic E-state index is 0.0844. The van der Waals surface area contributed by atoms with Crippen molar-refractivity contribution < 1.29 is 33.3 Å². The van der Waals surface area contributed by atoms with Crippen molar-refractivity contribution in [1.82, 2.24) is 5.43 Å². The Balaban J connectivity index is 1.68. The molecule has 2 aromatic carbocycles. The fourth-order valence-corrected chi connectivity index (χ4v) is 4.67. The van der Waals surface area contributed by atoms with Gasteiger partial charge in [0.05, 0.1) is 32.1 Å². The number of nitrogens with one attached hydrogen (secondary N) is 2. The standard InChI is InChI=1S/C27H28ClN3O7S/c1-5-36-25(32)22-16(3)23(26(33)37-6-2)39-24(22)30-27(34)31-29-14-17-11-12-20(21(13-17)35-4)38-15-18-9-7-8-10-19(18)28/h7-14H,5-6,15H2,1-4H3,(H2,30,31,34). The van der Waals surface area contributed by atoms with Crippen molar-refractivity contribution in [3.8, 4) is 11.5 Å². The maximum absolute atomic E-state index is 12.5. The highest BCUT2D eigenvalue weighted by Gasteiger charge is 2.27. The minimum Gasteiger partial charge on any atom is -0.493 e. The maximum atomic E-state index is 12.5. The van der Waals surface area contributed by atoms with Gasteiger partial charge in [-0.3, -0.25) is 5.32 Å². The van der Waals surface area contributed by atoms with Crippen molar-refractivity contribution in [3.05, 3.63) is 74.6 Å². The first-order valence-corrected chi connectivity index (χ1v) is 13.1. The molecule has 0 spiro atoms. The number of hydrazone groups is 1. The molecule has 1 aromatic heterocycles. The molecule has 0 aliphatic carbocycles. The van der Waals surface area contributed by atoms with E-state index in [1.807, 2.05) is 18.2 Å². The molecule has 0 radical (unpaired) electrons. The molecule has 10 nitrogen and oxygen atoms in total. The molecule has 206 valence electrons. The lowest BCUT2D eigenvalue weighted by Gasteiger charge is -2.12. The smallest absolute Gasteiger partial charge is 0.348 e. The Kier molecular flexibility index (Phi) is 10.7. The van der Waals surface area contributed by atoms with Crippen LogP contribution in [0.15, 0.2) is 47.6 Å². The third-order valence-corrected chi connectivity index (χ3v) is 6.78. The fourth-order valence-electron chi connectivity index (χ4n) is 3.39.